The van der Waals surface area contributed by atoms with Crippen LogP contribution in [0.25, 0.3) is 0 Å². The number of carbonyl (C=O) groups excluding carboxylic acids is 1. The van der Waals surface area contributed by atoms with Crippen molar-refractivity contribution in [3.05, 3.63) is 35.4 Å². The molecule has 1 aromatic carbocycles. The molecule has 1 atom stereocenters. The minimum absolute atomic E-state index is 0.0309. The Morgan fingerprint density at radius 1 is 1.24 bits per heavy atom. The van der Waals surface area contributed by atoms with E-state index in [0.29, 0.717) is 12.0 Å². The second-order valence-electron chi connectivity index (χ2n) is 7.90. The molecule has 0 aromatic heterocycles. The molecule has 1 aliphatic carbocycles. The summed E-state index contributed by atoms with van der Waals surface area (Å²) in [7, 11) is 5.34. The zero-order chi connectivity index (χ0) is 21.1. The van der Waals surface area contributed by atoms with Gasteiger partial charge >= 0.3 is 0 Å². The van der Waals surface area contributed by atoms with Crippen molar-refractivity contribution < 1.29 is 9.53 Å². The van der Waals surface area contributed by atoms with Crippen molar-refractivity contribution in [1.29, 1.82) is 0 Å². The molecule has 0 bridgehead atoms. The second kappa shape index (κ2) is 12.5. The Balaban J connectivity index is 1.75. The van der Waals surface area contributed by atoms with Crippen LogP contribution in [0.4, 0.5) is 0 Å². The van der Waals surface area contributed by atoms with Crippen molar-refractivity contribution in [2.24, 2.45) is 10.9 Å². The Hall–Kier alpha value is -2.08. The second-order valence-corrected chi connectivity index (χ2v) is 7.90. The number of amides is 1. The van der Waals surface area contributed by atoms with Gasteiger partial charge in [0.1, 0.15) is 0 Å². The van der Waals surface area contributed by atoms with E-state index in [1.165, 1.54) is 25.7 Å². The molecule has 1 amide bonds. The van der Waals surface area contributed by atoms with E-state index in [-0.39, 0.29) is 5.91 Å². The molecule has 162 valence electrons. The molecule has 1 aromatic rings. The van der Waals surface area contributed by atoms with Gasteiger partial charge in [-0.15, -0.1) is 0 Å². The van der Waals surface area contributed by atoms with Gasteiger partial charge in [0.2, 0.25) is 0 Å². The fourth-order valence-corrected chi connectivity index (χ4v) is 4.00. The van der Waals surface area contributed by atoms with E-state index in [0.717, 1.165) is 49.6 Å². The number of nitrogens with zero attached hydrogens (tertiary/aromatic N) is 2. The van der Waals surface area contributed by atoms with Gasteiger partial charge < -0.3 is 20.3 Å². The number of aliphatic imine (C=N–C) groups is 1. The number of hydrogen-bond acceptors (Lipinski definition) is 3. The van der Waals surface area contributed by atoms with Crippen LogP contribution in [0.2, 0.25) is 0 Å². The lowest BCUT2D eigenvalue weighted by Crippen LogP contribution is -2.40. The minimum Gasteiger partial charge on any atom is -0.378 e. The summed E-state index contributed by atoms with van der Waals surface area (Å²) in [5, 5.41) is 6.78. The molecule has 0 radical (unpaired) electrons. The summed E-state index contributed by atoms with van der Waals surface area (Å²) in [4.78, 5) is 18.0. The van der Waals surface area contributed by atoms with Crippen LogP contribution in [0.15, 0.2) is 29.3 Å². The monoisotopic (exact) mass is 402 g/mol. The van der Waals surface area contributed by atoms with Crippen LogP contribution in [0.1, 0.15) is 54.9 Å². The SMILES string of the molecule is CCOC(CCNC(=NC)NCCc1cccc(C(=O)N(C)C)c1)C1CCCC1. The van der Waals surface area contributed by atoms with Crippen LogP contribution in [0.5, 0.6) is 0 Å². The van der Waals surface area contributed by atoms with Crippen molar-refractivity contribution in [1.82, 2.24) is 15.5 Å². The van der Waals surface area contributed by atoms with Gasteiger partial charge in [-0.05, 0) is 56.2 Å². The van der Waals surface area contributed by atoms with Gasteiger partial charge in [0.15, 0.2) is 5.96 Å². The van der Waals surface area contributed by atoms with Crippen LogP contribution < -0.4 is 10.6 Å². The molecule has 6 nitrogen and oxygen atoms in total. The van der Waals surface area contributed by atoms with Crippen LogP contribution >= 0.6 is 0 Å². The van der Waals surface area contributed by atoms with Crippen LogP contribution in [0.3, 0.4) is 0 Å². The Morgan fingerprint density at radius 3 is 2.62 bits per heavy atom. The molecule has 0 saturated heterocycles. The molecule has 0 spiro atoms. The predicted molar refractivity (Wildman–Crippen MR) is 120 cm³/mol. The molecule has 0 heterocycles. The molecule has 2 rings (SSSR count). The lowest BCUT2D eigenvalue weighted by molar-refractivity contribution is 0.0169. The first-order valence-electron chi connectivity index (χ1n) is 10.9. The molecule has 1 fully saturated rings. The molecule has 1 aliphatic rings. The maximum absolute atomic E-state index is 12.1. The van der Waals surface area contributed by atoms with Gasteiger partial charge in [-0.3, -0.25) is 9.79 Å². The highest BCUT2D eigenvalue weighted by atomic mass is 16.5. The standard InChI is InChI=1S/C23H38N4O2/c1-5-29-21(19-10-6-7-11-19)14-16-26-23(24-2)25-15-13-18-9-8-12-20(17-18)22(28)27(3)4/h8-9,12,17,19,21H,5-7,10-11,13-16H2,1-4H3,(H2,24,25,26). The lowest BCUT2D eigenvalue weighted by Gasteiger charge is -2.24. The summed E-state index contributed by atoms with van der Waals surface area (Å²) >= 11 is 0. The summed E-state index contributed by atoms with van der Waals surface area (Å²) < 4.78 is 6.00. The third-order valence-corrected chi connectivity index (χ3v) is 5.54. The van der Waals surface area contributed by atoms with Gasteiger partial charge in [-0.25, -0.2) is 0 Å². The Morgan fingerprint density at radius 2 is 1.97 bits per heavy atom. The van der Waals surface area contributed by atoms with Crippen molar-refractivity contribution in [2.45, 2.75) is 51.6 Å². The van der Waals surface area contributed by atoms with E-state index in [2.05, 4.69) is 28.6 Å². The first-order chi connectivity index (χ1) is 14.0. The Bertz CT molecular complexity index is 654. The molecule has 29 heavy (non-hydrogen) atoms. The smallest absolute Gasteiger partial charge is 0.253 e. The predicted octanol–water partition coefficient (Wildman–Crippen LogP) is 3.08. The maximum atomic E-state index is 12.1. The van der Waals surface area contributed by atoms with E-state index < -0.39 is 0 Å². The zero-order valence-corrected chi connectivity index (χ0v) is 18.5. The molecular formula is C23H38N4O2. The van der Waals surface area contributed by atoms with Gasteiger partial charge in [0.05, 0.1) is 6.10 Å². The molecule has 1 unspecified atom stereocenters. The quantitative estimate of drug-likeness (QED) is 0.466. The van der Waals surface area contributed by atoms with Crippen molar-refractivity contribution in [2.75, 3.05) is 40.8 Å². The third-order valence-electron chi connectivity index (χ3n) is 5.54. The number of benzene rings is 1. The van der Waals surface area contributed by atoms with Crippen molar-refractivity contribution in [3.8, 4) is 0 Å². The highest BCUT2D eigenvalue weighted by Crippen LogP contribution is 2.30. The van der Waals surface area contributed by atoms with Gasteiger partial charge in [-0.2, -0.15) is 0 Å². The first kappa shape index (κ1) is 23.2. The normalized spacial score (nSPS) is 15.9. The zero-order valence-electron chi connectivity index (χ0n) is 18.5. The average Bonchev–Trinajstić information content (AvgIpc) is 3.26. The van der Waals surface area contributed by atoms with Gasteiger partial charge in [0, 0.05) is 46.4 Å². The van der Waals surface area contributed by atoms with Crippen LogP contribution in [-0.4, -0.2) is 63.7 Å². The fraction of sp³-hybridized carbons (Fsp3) is 0.652. The molecular weight excluding hydrogens is 364 g/mol. The number of guanidine groups is 1. The molecule has 1 saturated carbocycles. The Kier molecular flexibility index (Phi) is 9.98. The van der Waals surface area contributed by atoms with Gasteiger partial charge in [0.25, 0.3) is 5.91 Å². The number of rotatable bonds is 10. The van der Waals surface area contributed by atoms with Gasteiger partial charge in [-0.1, -0.05) is 25.0 Å². The third kappa shape index (κ3) is 7.69. The van der Waals surface area contributed by atoms with E-state index >= 15 is 0 Å². The van der Waals surface area contributed by atoms with Crippen molar-refractivity contribution >= 4 is 11.9 Å². The molecule has 0 aliphatic heterocycles. The van der Waals surface area contributed by atoms with E-state index in [9.17, 15) is 4.79 Å². The fourth-order valence-electron chi connectivity index (χ4n) is 4.00. The summed E-state index contributed by atoms with van der Waals surface area (Å²) in [6, 6.07) is 7.82. The maximum Gasteiger partial charge on any atom is 0.253 e. The first-order valence-corrected chi connectivity index (χ1v) is 10.9. The van der Waals surface area contributed by atoms with Crippen LogP contribution in [-0.2, 0) is 11.2 Å². The highest BCUT2D eigenvalue weighted by Gasteiger charge is 2.25. The summed E-state index contributed by atoms with van der Waals surface area (Å²) in [6.07, 6.45) is 7.47. The number of hydrogen-bond donors (Lipinski definition) is 2. The van der Waals surface area contributed by atoms with E-state index in [1.807, 2.05) is 18.2 Å². The number of nitrogens with one attached hydrogen (secondary N) is 2. The largest absolute Gasteiger partial charge is 0.378 e. The Labute approximate surface area is 176 Å². The van der Waals surface area contributed by atoms with Crippen molar-refractivity contribution in [3.63, 3.8) is 0 Å². The number of carbonyl (C=O) groups is 1. The minimum atomic E-state index is 0.0309. The summed E-state index contributed by atoms with van der Waals surface area (Å²) in [5.41, 5.74) is 1.86. The highest BCUT2D eigenvalue weighted by molar-refractivity contribution is 5.94. The van der Waals surface area contributed by atoms with E-state index in [4.69, 9.17) is 4.74 Å². The topological polar surface area (TPSA) is 66.0 Å². The average molecular weight is 403 g/mol. The summed E-state index contributed by atoms with van der Waals surface area (Å²) in [5.74, 6) is 1.56. The molecule has 2 N–H and O–H groups in total. The van der Waals surface area contributed by atoms with E-state index in [1.54, 1.807) is 26.0 Å². The molecule has 6 heteroatoms. The summed E-state index contributed by atoms with van der Waals surface area (Å²) in [6.45, 7) is 4.48. The lowest BCUT2D eigenvalue weighted by atomic mass is 9.98. The number of ether oxygens (including phenoxy) is 1. The van der Waals surface area contributed by atoms with Crippen LogP contribution in [0, 0.1) is 5.92 Å².